The van der Waals surface area contributed by atoms with Crippen molar-refractivity contribution >= 4 is 34.8 Å². The minimum Gasteiger partial charge on any atom is -0.348 e. The first-order valence-corrected chi connectivity index (χ1v) is 9.99. The van der Waals surface area contributed by atoms with Gasteiger partial charge in [0.15, 0.2) is 0 Å². The van der Waals surface area contributed by atoms with Crippen molar-refractivity contribution in [1.82, 2.24) is 15.6 Å². The predicted molar refractivity (Wildman–Crippen MR) is 104 cm³/mol. The number of halogens is 1. The molecule has 0 atom stereocenters. The van der Waals surface area contributed by atoms with Gasteiger partial charge < -0.3 is 10.6 Å². The molecule has 1 aromatic heterocycles. The zero-order valence-corrected chi connectivity index (χ0v) is 16.3. The molecule has 7 heteroatoms. The van der Waals surface area contributed by atoms with E-state index in [9.17, 15) is 9.59 Å². The molecule has 0 unspecified atom stereocenters. The summed E-state index contributed by atoms with van der Waals surface area (Å²) in [6, 6.07) is 7.55. The smallest absolute Gasteiger partial charge is 0.239 e. The van der Waals surface area contributed by atoms with Crippen LogP contribution in [0.5, 0.6) is 0 Å². The summed E-state index contributed by atoms with van der Waals surface area (Å²) < 4.78 is 0. The molecule has 0 bridgehead atoms. The van der Waals surface area contributed by atoms with Crippen molar-refractivity contribution in [2.45, 2.75) is 39.2 Å². The molecule has 2 amide bonds. The fraction of sp³-hybridized carbons (Fsp3) is 0.421. The monoisotopic (exact) mass is 391 g/mol. The zero-order chi connectivity index (χ0) is 18.5. The van der Waals surface area contributed by atoms with Crippen molar-refractivity contribution < 1.29 is 9.59 Å². The van der Waals surface area contributed by atoms with Gasteiger partial charge in [-0.15, -0.1) is 11.3 Å². The highest BCUT2D eigenvalue weighted by Gasteiger charge is 2.22. The molecule has 1 heterocycles. The Hall–Kier alpha value is -1.92. The van der Waals surface area contributed by atoms with Crippen molar-refractivity contribution in [3.63, 3.8) is 0 Å². The van der Waals surface area contributed by atoms with E-state index >= 15 is 0 Å². The highest BCUT2D eigenvalue weighted by molar-refractivity contribution is 7.12. The number of nitrogens with zero attached hydrogens (tertiary/aromatic N) is 1. The Balaban J connectivity index is 1.50. The van der Waals surface area contributed by atoms with Gasteiger partial charge in [-0.2, -0.15) is 0 Å². The van der Waals surface area contributed by atoms with Gasteiger partial charge in [-0.25, -0.2) is 4.98 Å². The molecule has 0 spiro atoms. The quantitative estimate of drug-likeness (QED) is 0.788. The Bertz CT molecular complexity index is 783. The highest BCUT2D eigenvalue weighted by atomic mass is 35.5. The third kappa shape index (κ3) is 4.83. The fourth-order valence-corrected chi connectivity index (χ4v) is 4.16. The lowest BCUT2D eigenvalue weighted by Gasteiger charge is -2.10. The lowest BCUT2D eigenvalue weighted by atomic mass is 10.1. The predicted octanol–water partition coefficient (Wildman–Crippen LogP) is 3.69. The molecule has 26 heavy (non-hydrogen) atoms. The maximum Gasteiger partial charge on any atom is 0.239 e. The number of carbonyl (C=O) groups excluding carboxylic acids is 2. The number of amides is 2. The van der Waals surface area contributed by atoms with E-state index in [0.717, 1.165) is 46.8 Å². The topological polar surface area (TPSA) is 71.1 Å². The minimum atomic E-state index is -0.197. The molecule has 1 aromatic carbocycles. The molecule has 2 N–H and O–H groups in total. The van der Waals surface area contributed by atoms with Gasteiger partial charge in [-0.3, -0.25) is 9.59 Å². The van der Waals surface area contributed by atoms with Crippen LogP contribution in [0.3, 0.4) is 0 Å². The summed E-state index contributed by atoms with van der Waals surface area (Å²) in [5.41, 5.74) is 1.91. The number of hydrogen-bond donors (Lipinski definition) is 2. The zero-order valence-electron chi connectivity index (χ0n) is 14.7. The Morgan fingerprint density at radius 1 is 1.19 bits per heavy atom. The molecule has 1 saturated carbocycles. The molecule has 0 radical (unpaired) electrons. The van der Waals surface area contributed by atoms with Crippen molar-refractivity contribution in [2.75, 3.05) is 6.54 Å². The molecule has 138 valence electrons. The number of carbonyl (C=O) groups is 2. The fourth-order valence-electron chi connectivity index (χ4n) is 3.14. The molecule has 2 aromatic rings. The van der Waals surface area contributed by atoms with Crippen LogP contribution in [-0.2, 0) is 16.1 Å². The van der Waals surface area contributed by atoms with Crippen LogP contribution in [0.4, 0.5) is 0 Å². The summed E-state index contributed by atoms with van der Waals surface area (Å²) in [6.45, 7) is 2.38. The largest absolute Gasteiger partial charge is 0.348 e. The molecule has 1 fully saturated rings. The van der Waals surface area contributed by atoms with Gasteiger partial charge in [0.05, 0.1) is 18.8 Å². The SMILES string of the molecule is Cc1sc(CNC(=O)CNC(=O)C2CCCC2)nc1-c1ccc(Cl)cc1. The average Bonchev–Trinajstić information content (AvgIpc) is 3.28. The number of aryl methyl sites for hydroxylation is 1. The maximum atomic E-state index is 12.0. The van der Waals surface area contributed by atoms with Gasteiger partial charge in [-0.05, 0) is 31.9 Å². The molecule has 3 rings (SSSR count). The Labute approximate surface area is 162 Å². The number of hydrogen-bond acceptors (Lipinski definition) is 4. The van der Waals surface area contributed by atoms with Gasteiger partial charge in [0, 0.05) is 21.4 Å². The van der Waals surface area contributed by atoms with Crippen LogP contribution >= 0.6 is 22.9 Å². The standard InChI is InChI=1S/C19H22ClN3O2S/c1-12-18(13-6-8-15(20)9-7-13)23-17(26-12)11-21-16(24)10-22-19(25)14-4-2-3-5-14/h6-9,14H,2-5,10-11H2,1H3,(H,21,24)(H,22,25). The third-order valence-corrected chi connectivity index (χ3v) is 5.77. The van der Waals surface area contributed by atoms with E-state index in [1.54, 1.807) is 11.3 Å². The number of rotatable bonds is 6. The first kappa shape index (κ1) is 18.9. The molecular weight excluding hydrogens is 370 g/mol. The van der Waals surface area contributed by atoms with E-state index in [1.807, 2.05) is 31.2 Å². The second-order valence-corrected chi connectivity index (χ2v) is 8.22. The Morgan fingerprint density at radius 3 is 2.58 bits per heavy atom. The van der Waals surface area contributed by atoms with Crippen molar-refractivity contribution in [1.29, 1.82) is 0 Å². The Kier molecular flexibility index (Phi) is 6.27. The van der Waals surface area contributed by atoms with E-state index in [4.69, 9.17) is 11.6 Å². The normalized spacial score (nSPS) is 14.4. The molecule has 0 aliphatic heterocycles. The lowest BCUT2D eigenvalue weighted by molar-refractivity contribution is -0.128. The number of benzene rings is 1. The molecule has 5 nitrogen and oxygen atoms in total. The van der Waals surface area contributed by atoms with Crippen molar-refractivity contribution in [3.05, 3.63) is 39.2 Å². The van der Waals surface area contributed by atoms with Gasteiger partial charge in [-0.1, -0.05) is 36.6 Å². The van der Waals surface area contributed by atoms with E-state index in [2.05, 4.69) is 15.6 Å². The molecule has 1 aliphatic rings. The number of thiazole rings is 1. The molecule has 1 aliphatic carbocycles. The second kappa shape index (κ2) is 8.64. The first-order valence-electron chi connectivity index (χ1n) is 8.79. The maximum absolute atomic E-state index is 12.0. The summed E-state index contributed by atoms with van der Waals surface area (Å²) in [6.07, 6.45) is 4.06. The summed E-state index contributed by atoms with van der Waals surface area (Å²) in [7, 11) is 0. The van der Waals surface area contributed by atoms with Crippen LogP contribution in [0.2, 0.25) is 5.02 Å². The van der Waals surface area contributed by atoms with Crippen molar-refractivity contribution in [3.8, 4) is 11.3 Å². The van der Waals surface area contributed by atoms with Crippen LogP contribution in [0.1, 0.15) is 35.6 Å². The van der Waals surface area contributed by atoms with Crippen LogP contribution in [0.25, 0.3) is 11.3 Å². The lowest BCUT2D eigenvalue weighted by Crippen LogP contribution is -2.38. The average molecular weight is 392 g/mol. The Morgan fingerprint density at radius 2 is 1.88 bits per heavy atom. The van der Waals surface area contributed by atoms with E-state index in [0.29, 0.717) is 11.6 Å². The van der Waals surface area contributed by atoms with E-state index in [-0.39, 0.29) is 24.3 Å². The summed E-state index contributed by atoms with van der Waals surface area (Å²) in [4.78, 5) is 29.6. The summed E-state index contributed by atoms with van der Waals surface area (Å²) in [5, 5.41) is 7.07. The van der Waals surface area contributed by atoms with Crippen LogP contribution < -0.4 is 10.6 Å². The summed E-state index contributed by atoms with van der Waals surface area (Å²) in [5.74, 6) is -0.128. The number of aromatic nitrogens is 1. The highest BCUT2D eigenvalue weighted by Crippen LogP contribution is 2.28. The third-order valence-electron chi connectivity index (χ3n) is 4.54. The first-order chi connectivity index (χ1) is 12.5. The van der Waals surface area contributed by atoms with Gasteiger partial charge in [0.1, 0.15) is 5.01 Å². The van der Waals surface area contributed by atoms with Crippen LogP contribution in [0, 0.1) is 12.8 Å². The minimum absolute atomic E-state index is 0.00670. The summed E-state index contributed by atoms with van der Waals surface area (Å²) >= 11 is 7.48. The van der Waals surface area contributed by atoms with Gasteiger partial charge >= 0.3 is 0 Å². The van der Waals surface area contributed by atoms with Crippen LogP contribution in [-0.4, -0.2) is 23.3 Å². The van der Waals surface area contributed by atoms with Gasteiger partial charge in [0.2, 0.25) is 11.8 Å². The second-order valence-electron chi connectivity index (χ2n) is 6.50. The molecule has 0 saturated heterocycles. The van der Waals surface area contributed by atoms with Crippen molar-refractivity contribution in [2.24, 2.45) is 5.92 Å². The molecular formula is C19H22ClN3O2S. The van der Waals surface area contributed by atoms with E-state index in [1.165, 1.54) is 0 Å². The van der Waals surface area contributed by atoms with Crippen LogP contribution in [0.15, 0.2) is 24.3 Å². The number of nitrogens with one attached hydrogen (secondary N) is 2. The van der Waals surface area contributed by atoms with Gasteiger partial charge in [0.25, 0.3) is 0 Å². The van der Waals surface area contributed by atoms with E-state index < -0.39 is 0 Å².